The third-order valence-corrected chi connectivity index (χ3v) is 7.06. The summed E-state index contributed by atoms with van der Waals surface area (Å²) in [6.45, 7) is 0. The second kappa shape index (κ2) is 8.99. The van der Waals surface area contributed by atoms with Gasteiger partial charge in [-0.1, -0.05) is 18.2 Å². The van der Waals surface area contributed by atoms with Crippen molar-refractivity contribution in [3.8, 4) is 0 Å². The molecule has 0 fully saturated rings. The molecule has 1 aromatic carbocycles. The van der Waals surface area contributed by atoms with E-state index in [0.717, 1.165) is 0 Å². The topological polar surface area (TPSA) is 128 Å². The summed E-state index contributed by atoms with van der Waals surface area (Å²) in [6.07, 6.45) is 2.04. The Morgan fingerprint density at radius 2 is 1.50 bits per heavy atom. The van der Waals surface area contributed by atoms with Crippen LogP contribution in [-0.2, 0) is 24.5 Å². The predicted molar refractivity (Wildman–Crippen MR) is 64.5 cm³/mol. The van der Waals surface area contributed by atoms with Gasteiger partial charge in [0.15, 0.2) is 4.90 Å². The molecule has 10 heteroatoms. The monoisotopic (exact) mass is 346 g/mol. The van der Waals surface area contributed by atoms with Crippen molar-refractivity contribution in [2.75, 3.05) is 26.0 Å². The molecule has 0 amide bonds. The molecular formula is C10H16ClO7PS. The van der Waals surface area contributed by atoms with E-state index in [1.54, 1.807) is 0 Å². The van der Waals surface area contributed by atoms with Crippen molar-refractivity contribution >= 4 is 18.5 Å². The fourth-order valence-corrected chi connectivity index (χ4v) is 5.25. The standard InChI is InChI=1S/C10H16O3PS.ClHO4/c1-12-14(11,13-2)9-15(3)10-7-5-4-6-8-10;2-1(3,4)5/h4-8H,9H2,1-3H3;(H,2,3,4,5)/q+1;/p-1. The van der Waals surface area contributed by atoms with Gasteiger partial charge in [0, 0.05) is 25.1 Å². The van der Waals surface area contributed by atoms with E-state index in [0.29, 0.717) is 5.49 Å². The van der Waals surface area contributed by atoms with Crippen molar-refractivity contribution in [3.05, 3.63) is 30.3 Å². The van der Waals surface area contributed by atoms with Crippen LogP contribution in [0.3, 0.4) is 0 Å². The maximum Gasteiger partial charge on any atom is 0.379 e. The van der Waals surface area contributed by atoms with Crippen molar-refractivity contribution < 1.29 is 42.5 Å². The SMILES string of the molecule is COP(=O)(C[S+](C)c1ccccc1)OC.[O-][Cl+3]([O-])([O-])[O-]. The van der Waals surface area contributed by atoms with Crippen LogP contribution >= 0.6 is 7.60 Å². The summed E-state index contributed by atoms with van der Waals surface area (Å²) in [5.74, 6) is 0. The van der Waals surface area contributed by atoms with Gasteiger partial charge in [0.2, 0.25) is 5.49 Å². The first-order valence-corrected chi connectivity index (χ1v) is 9.87. The van der Waals surface area contributed by atoms with Crippen molar-refractivity contribution in [1.82, 2.24) is 0 Å². The Bertz CT molecular complexity index is 411. The second-order valence-corrected chi connectivity index (χ2v) is 8.92. The number of hydrogen-bond donors (Lipinski definition) is 0. The molecule has 0 heterocycles. The van der Waals surface area contributed by atoms with Crippen LogP contribution in [0.2, 0.25) is 0 Å². The van der Waals surface area contributed by atoms with Gasteiger partial charge in [0.1, 0.15) is 6.26 Å². The molecule has 0 radical (unpaired) electrons. The minimum atomic E-state index is -4.94. The molecule has 0 aliphatic carbocycles. The van der Waals surface area contributed by atoms with Gasteiger partial charge in [-0.3, -0.25) is 4.57 Å². The summed E-state index contributed by atoms with van der Waals surface area (Å²) >= 11 is 0. The van der Waals surface area contributed by atoms with Crippen molar-refractivity contribution in [2.24, 2.45) is 0 Å². The molecule has 0 aliphatic heterocycles. The summed E-state index contributed by atoms with van der Waals surface area (Å²) in [6, 6.07) is 9.97. The summed E-state index contributed by atoms with van der Waals surface area (Å²) in [4.78, 5) is 1.17. The lowest BCUT2D eigenvalue weighted by Crippen LogP contribution is -2.68. The van der Waals surface area contributed by atoms with Crippen LogP contribution in [0, 0.1) is 10.2 Å². The highest BCUT2D eigenvalue weighted by Gasteiger charge is 2.32. The van der Waals surface area contributed by atoms with Gasteiger partial charge in [-0.2, -0.15) is 0 Å². The molecular weight excluding hydrogens is 331 g/mol. The van der Waals surface area contributed by atoms with Crippen LogP contribution in [0.4, 0.5) is 0 Å². The number of halogens is 1. The highest BCUT2D eigenvalue weighted by Crippen LogP contribution is 2.48. The summed E-state index contributed by atoms with van der Waals surface area (Å²) < 4.78 is 55.7. The Balaban J connectivity index is 0.000000621. The first-order chi connectivity index (χ1) is 9.11. The molecule has 1 atom stereocenters. The van der Waals surface area contributed by atoms with Gasteiger partial charge in [-0.25, -0.2) is 18.6 Å². The van der Waals surface area contributed by atoms with Gasteiger partial charge in [0.25, 0.3) is 0 Å². The van der Waals surface area contributed by atoms with Gasteiger partial charge in [-0.05, 0) is 12.1 Å². The van der Waals surface area contributed by atoms with Crippen molar-refractivity contribution in [1.29, 1.82) is 0 Å². The van der Waals surface area contributed by atoms with Crippen LogP contribution in [0.5, 0.6) is 0 Å². The zero-order valence-corrected chi connectivity index (χ0v) is 13.7. The maximum atomic E-state index is 11.9. The molecule has 0 spiro atoms. The lowest BCUT2D eigenvalue weighted by atomic mass is 10.4. The molecule has 0 aliphatic rings. The second-order valence-electron chi connectivity index (χ2n) is 3.43. The molecule has 1 aromatic rings. The average molecular weight is 347 g/mol. The van der Waals surface area contributed by atoms with E-state index in [-0.39, 0.29) is 10.9 Å². The van der Waals surface area contributed by atoms with Gasteiger partial charge < -0.3 is 9.05 Å². The Morgan fingerprint density at radius 3 is 1.85 bits per heavy atom. The molecule has 20 heavy (non-hydrogen) atoms. The molecule has 7 nitrogen and oxygen atoms in total. The number of benzene rings is 1. The van der Waals surface area contributed by atoms with Crippen LogP contribution in [-0.4, -0.2) is 26.0 Å². The smallest absolute Gasteiger partial charge is 0.309 e. The zero-order valence-electron chi connectivity index (χ0n) is 11.2. The minimum absolute atomic E-state index is 0.116. The molecule has 0 bridgehead atoms. The Labute approximate surface area is 122 Å². The van der Waals surface area contributed by atoms with Gasteiger partial charge in [0.05, 0.1) is 0 Å². The molecule has 0 N–H and O–H groups in total. The highest BCUT2D eigenvalue weighted by atomic mass is 35.7. The lowest BCUT2D eigenvalue weighted by molar-refractivity contribution is -2.00. The minimum Gasteiger partial charge on any atom is -0.309 e. The van der Waals surface area contributed by atoms with E-state index in [2.05, 4.69) is 0 Å². The highest BCUT2D eigenvalue weighted by molar-refractivity contribution is 8.01. The maximum absolute atomic E-state index is 11.9. The summed E-state index contributed by atoms with van der Waals surface area (Å²) in [5.41, 5.74) is 0.435. The number of rotatable bonds is 5. The Kier molecular flexibility index (Phi) is 8.92. The predicted octanol–water partition coefficient (Wildman–Crippen LogP) is -2.02. The molecule has 0 aromatic heterocycles. The fourth-order valence-electron chi connectivity index (χ4n) is 1.14. The Hall–Kier alpha value is -0.150. The van der Waals surface area contributed by atoms with Crippen LogP contribution in [0.1, 0.15) is 0 Å². The van der Waals surface area contributed by atoms with Crippen LogP contribution in [0.25, 0.3) is 0 Å². The largest absolute Gasteiger partial charge is 0.379 e. The van der Waals surface area contributed by atoms with Crippen molar-refractivity contribution in [3.63, 3.8) is 0 Å². The third kappa shape index (κ3) is 9.71. The fraction of sp³-hybridized carbons (Fsp3) is 0.400. The van der Waals surface area contributed by atoms with E-state index in [1.807, 2.05) is 36.6 Å². The normalized spacial score (nSPS) is 13.3. The van der Waals surface area contributed by atoms with E-state index >= 15 is 0 Å². The lowest BCUT2D eigenvalue weighted by Gasteiger charge is -2.17. The molecule has 0 saturated heterocycles. The van der Waals surface area contributed by atoms with E-state index < -0.39 is 17.8 Å². The summed E-state index contributed by atoms with van der Waals surface area (Å²) in [5, 5.41) is 0. The van der Waals surface area contributed by atoms with E-state index in [9.17, 15) is 4.57 Å². The first kappa shape index (κ1) is 19.9. The first-order valence-electron chi connectivity index (χ1n) is 5.11. The third-order valence-electron chi connectivity index (χ3n) is 2.05. The molecule has 1 unspecified atom stereocenters. The quantitative estimate of drug-likeness (QED) is 0.444. The molecule has 116 valence electrons. The van der Waals surface area contributed by atoms with Crippen LogP contribution in [0.15, 0.2) is 35.2 Å². The number of hydrogen-bond acceptors (Lipinski definition) is 7. The van der Waals surface area contributed by atoms with E-state index in [1.165, 1.54) is 19.1 Å². The Morgan fingerprint density at radius 1 is 1.10 bits per heavy atom. The van der Waals surface area contributed by atoms with Gasteiger partial charge in [-0.15, -0.1) is 10.2 Å². The molecule has 1 rings (SSSR count). The average Bonchev–Trinajstić information content (AvgIpc) is 2.37. The molecule has 0 saturated carbocycles. The van der Waals surface area contributed by atoms with Crippen molar-refractivity contribution in [2.45, 2.75) is 4.90 Å². The summed E-state index contributed by atoms with van der Waals surface area (Å²) in [7, 11) is -5.10. The van der Waals surface area contributed by atoms with E-state index in [4.69, 9.17) is 27.7 Å². The zero-order chi connectivity index (χ0) is 15.8. The van der Waals surface area contributed by atoms with Gasteiger partial charge >= 0.3 is 7.60 Å². The van der Waals surface area contributed by atoms with Crippen LogP contribution < -0.4 is 18.6 Å².